The molecule has 146 valence electrons. The maximum Gasteiger partial charge on any atom is 0.274 e. The molecule has 1 aromatic carbocycles. The topological polar surface area (TPSA) is 70.4 Å². The number of amides is 1. The van der Waals surface area contributed by atoms with E-state index in [0.717, 1.165) is 41.2 Å². The molecule has 0 unspecified atom stereocenters. The highest BCUT2D eigenvalue weighted by Crippen LogP contribution is 2.27. The van der Waals surface area contributed by atoms with Crippen LogP contribution in [0.2, 0.25) is 0 Å². The van der Waals surface area contributed by atoms with E-state index in [-0.39, 0.29) is 5.91 Å². The highest BCUT2D eigenvalue weighted by Gasteiger charge is 2.24. The van der Waals surface area contributed by atoms with Crippen LogP contribution in [0.3, 0.4) is 0 Å². The zero-order chi connectivity index (χ0) is 19.8. The van der Waals surface area contributed by atoms with Crippen LogP contribution in [0.5, 0.6) is 0 Å². The second kappa shape index (κ2) is 7.10. The van der Waals surface area contributed by atoms with Crippen molar-refractivity contribution in [2.45, 2.75) is 6.92 Å². The summed E-state index contributed by atoms with van der Waals surface area (Å²) < 4.78 is 1.74. The van der Waals surface area contributed by atoms with Gasteiger partial charge in [-0.25, -0.2) is 9.97 Å². The van der Waals surface area contributed by atoms with Gasteiger partial charge in [-0.15, -0.1) is 0 Å². The predicted octanol–water partition coefficient (Wildman–Crippen LogP) is 1.70. The summed E-state index contributed by atoms with van der Waals surface area (Å²) >= 11 is 0. The molecule has 0 radical (unpaired) electrons. The molecule has 0 bridgehead atoms. The molecule has 1 aliphatic heterocycles. The van der Waals surface area contributed by atoms with Gasteiger partial charge in [-0.1, -0.05) is 0 Å². The lowest BCUT2D eigenvalue weighted by atomic mass is 10.1. The second-order valence-electron chi connectivity index (χ2n) is 7.37. The first-order valence-electron chi connectivity index (χ1n) is 9.41. The number of carbonyl (C=O) groups excluding carboxylic acids is 1. The van der Waals surface area contributed by atoms with Gasteiger partial charge in [-0.05, 0) is 31.2 Å². The molecule has 3 aromatic rings. The van der Waals surface area contributed by atoms with Crippen LogP contribution in [0.1, 0.15) is 16.2 Å². The van der Waals surface area contributed by atoms with Gasteiger partial charge in [0.1, 0.15) is 12.1 Å². The minimum absolute atomic E-state index is 0.00477. The van der Waals surface area contributed by atoms with Crippen molar-refractivity contribution in [1.29, 1.82) is 0 Å². The highest BCUT2D eigenvalue weighted by molar-refractivity contribution is 5.93. The first kappa shape index (κ1) is 18.2. The Kier molecular flexibility index (Phi) is 4.62. The first-order chi connectivity index (χ1) is 13.4. The van der Waals surface area contributed by atoms with Gasteiger partial charge in [0, 0.05) is 64.1 Å². The first-order valence-corrected chi connectivity index (χ1v) is 9.41. The van der Waals surface area contributed by atoms with Crippen LogP contribution >= 0.6 is 0 Å². The maximum atomic E-state index is 12.7. The summed E-state index contributed by atoms with van der Waals surface area (Å²) in [7, 11) is 5.83. The van der Waals surface area contributed by atoms with Gasteiger partial charge in [0.25, 0.3) is 5.91 Å². The van der Waals surface area contributed by atoms with Crippen molar-refractivity contribution in [2.75, 3.05) is 50.1 Å². The van der Waals surface area contributed by atoms with Crippen LogP contribution < -0.4 is 9.80 Å². The van der Waals surface area contributed by atoms with Crippen molar-refractivity contribution in [3.63, 3.8) is 0 Å². The lowest BCUT2D eigenvalue weighted by Crippen LogP contribution is -2.48. The fourth-order valence-corrected chi connectivity index (χ4v) is 3.58. The number of aromatic nitrogens is 4. The smallest absolute Gasteiger partial charge is 0.274 e. The zero-order valence-corrected chi connectivity index (χ0v) is 16.8. The number of hydrogen-bond acceptors (Lipinski definition) is 6. The summed E-state index contributed by atoms with van der Waals surface area (Å²) in [6.45, 7) is 4.88. The summed E-state index contributed by atoms with van der Waals surface area (Å²) in [5.41, 5.74) is 3.57. The molecule has 1 aliphatic rings. The van der Waals surface area contributed by atoms with Crippen LogP contribution in [0.4, 0.5) is 11.5 Å². The van der Waals surface area contributed by atoms with Crippen molar-refractivity contribution in [1.82, 2.24) is 24.6 Å². The monoisotopic (exact) mass is 379 g/mol. The van der Waals surface area contributed by atoms with Crippen molar-refractivity contribution < 1.29 is 4.79 Å². The van der Waals surface area contributed by atoms with E-state index < -0.39 is 0 Å². The summed E-state index contributed by atoms with van der Waals surface area (Å²) in [6.07, 6.45) is 1.60. The number of fused-ring (bicyclic) bond motifs is 1. The van der Waals surface area contributed by atoms with Gasteiger partial charge >= 0.3 is 0 Å². The Hall–Kier alpha value is -3.16. The Labute approximate surface area is 164 Å². The summed E-state index contributed by atoms with van der Waals surface area (Å²) in [4.78, 5) is 27.7. The van der Waals surface area contributed by atoms with Crippen molar-refractivity contribution in [3.8, 4) is 0 Å². The number of aryl methyl sites for hydroxylation is 2. The Balaban J connectivity index is 1.50. The van der Waals surface area contributed by atoms with E-state index in [9.17, 15) is 4.79 Å². The van der Waals surface area contributed by atoms with Gasteiger partial charge in [-0.3, -0.25) is 9.48 Å². The maximum absolute atomic E-state index is 12.7. The van der Waals surface area contributed by atoms with Crippen LogP contribution in [-0.4, -0.2) is 70.8 Å². The molecular formula is C20H25N7O. The molecule has 1 amide bonds. The third-order valence-electron chi connectivity index (χ3n) is 5.29. The SMILES string of the molecule is Cc1cc(C(=O)N2CCN(c3ccc4ncnc(N(C)C)c4c3)CC2)nn1C. The van der Waals surface area contributed by atoms with Crippen LogP contribution in [-0.2, 0) is 7.05 Å². The van der Waals surface area contributed by atoms with Gasteiger partial charge in [0.15, 0.2) is 5.69 Å². The van der Waals surface area contributed by atoms with Gasteiger partial charge in [0.2, 0.25) is 0 Å². The number of hydrogen-bond donors (Lipinski definition) is 0. The molecule has 0 N–H and O–H groups in total. The molecule has 1 fully saturated rings. The molecular weight excluding hydrogens is 354 g/mol. The molecule has 2 aromatic heterocycles. The number of nitrogens with zero attached hydrogens (tertiary/aromatic N) is 7. The molecule has 8 heteroatoms. The third kappa shape index (κ3) is 3.26. The quantitative estimate of drug-likeness (QED) is 0.690. The average molecular weight is 379 g/mol. The van der Waals surface area contributed by atoms with Gasteiger partial charge in [0.05, 0.1) is 5.52 Å². The van der Waals surface area contributed by atoms with Crippen LogP contribution in [0, 0.1) is 6.92 Å². The van der Waals surface area contributed by atoms with Crippen molar-refractivity contribution in [2.24, 2.45) is 7.05 Å². The molecule has 0 atom stereocenters. The molecule has 3 heterocycles. The van der Waals surface area contributed by atoms with E-state index in [1.165, 1.54) is 0 Å². The van der Waals surface area contributed by atoms with Crippen LogP contribution in [0.15, 0.2) is 30.6 Å². The lowest BCUT2D eigenvalue weighted by molar-refractivity contribution is 0.0740. The van der Waals surface area contributed by atoms with E-state index in [1.807, 2.05) is 50.0 Å². The summed E-state index contributed by atoms with van der Waals surface area (Å²) in [6, 6.07) is 8.12. The molecule has 28 heavy (non-hydrogen) atoms. The standard InChI is InChI=1S/C20H25N7O/c1-14-11-18(23-25(14)4)20(28)27-9-7-26(8-10-27)15-5-6-17-16(12-15)19(24(2)3)22-13-21-17/h5-6,11-13H,7-10H2,1-4H3. The van der Waals surface area contributed by atoms with Gasteiger partial charge in [-0.2, -0.15) is 5.10 Å². The number of benzene rings is 1. The number of rotatable bonds is 3. The lowest BCUT2D eigenvalue weighted by Gasteiger charge is -2.36. The highest BCUT2D eigenvalue weighted by atomic mass is 16.2. The third-order valence-corrected chi connectivity index (χ3v) is 5.29. The van der Waals surface area contributed by atoms with Crippen molar-refractivity contribution in [3.05, 3.63) is 42.0 Å². The minimum Gasteiger partial charge on any atom is -0.368 e. The van der Waals surface area contributed by atoms with E-state index in [1.54, 1.807) is 11.0 Å². The van der Waals surface area contributed by atoms with Crippen LogP contribution in [0.25, 0.3) is 10.9 Å². The van der Waals surface area contributed by atoms with E-state index >= 15 is 0 Å². The predicted molar refractivity (Wildman–Crippen MR) is 110 cm³/mol. The Bertz CT molecular complexity index is 999. The summed E-state index contributed by atoms with van der Waals surface area (Å²) in [5, 5.41) is 5.35. The molecule has 0 aliphatic carbocycles. The number of piperazine rings is 1. The van der Waals surface area contributed by atoms with Crippen molar-refractivity contribution >= 4 is 28.3 Å². The fraction of sp³-hybridized carbons (Fsp3) is 0.400. The Morgan fingerprint density at radius 3 is 2.46 bits per heavy atom. The zero-order valence-electron chi connectivity index (χ0n) is 16.8. The Morgan fingerprint density at radius 2 is 1.82 bits per heavy atom. The second-order valence-corrected chi connectivity index (χ2v) is 7.37. The normalized spacial score (nSPS) is 14.6. The van der Waals surface area contributed by atoms with Gasteiger partial charge < -0.3 is 14.7 Å². The molecule has 4 rings (SSSR count). The molecule has 0 spiro atoms. The number of anilines is 2. The summed E-state index contributed by atoms with van der Waals surface area (Å²) in [5.74, 6) is 0.913. The van der Waals surface area contributed by atoms with E-state index in [2.05, 4.69) is 32.1 Å². The number of carbonyl (C=O) groups is 1. The van der Waals surface area contributed by atoms with E-state index in [4.69, 9.17) is 0 Å². The molecule has 8 nitrogen and oxygen atoms in total. The largest absolute Gasteiger partial charge is 0.368 e. The average Bonchev–Trinajstić information content (AvgIpc) is 3.05. The Morgan fingerprint density at radius 1 is 1.07 bits per heavy atom. The fourth-order valence-electron chi connectivity index (χ4n) is 3.58. The molecule has 0 saturated carbocycles. The molecule has 1 saturated heterocycles. The van der Waals surface area contributed by atoms with E-state index in [0.29, 0.717) is 18.8 Å². The minimum atomic E-state index is 0.00477.